The van der Waals surface area contributed by atoms with Crippen LogP contribution in [-0.4, -0.2) is 7.11 Å². The molecule has 0 radical (unpaired) electrons. The lowest BCUT2D eigenvalue weighted by molar-refractivity contribution is 0.382. The predicted octanol–water partition coefficient (Wildman–Crippen LogP) is 4.00. The van der Waals surface area contributed by atoms with Crippen molar-refractivity contribution in [3.8, 4) is 5.75 Å². The molecule has 0 saturated heterocycles. The first-order chi connectivity index (χ1) is 10.1. The van der Waals surface area contributed by atoms with E-state index in [0.29, 0.717) is 17.0 Å². The van der Waals surface area contributed by atoms with Crippen molar-refractivity contribution in [3.05, 3.63) is 62.8 Å². The summed E-state index contributed by atoms with van der Waals surface area (Å²) in [7, 11) is 1.44. The van der Waals surface area contributed by atoms with Gasteiger partial charge < -0.3 is 4.74 Å². The largest absolute Gasteiger partial charge is 0.494 e. The quantitative estimate of drug-likeness (QED) is 0.615. The van der Waals surface area contributed by atoms with Crippen molar-refractivity contribution < 1.29 is 9.13 Å². The second-order valence-corrected chi connectivity index (χ2v) is 5.79. The maximum absolute atomic E-state index is 14.2. The molecule has 0 aromatic heterocycles. The lowest BCUT2D eigenvalue weighted by Gasteiger charge is -2.18. The fraction of sp³-hybridized carbons (Fsp3) is 0.200. The number of ether oxygens (including phenoxy) is 1. The first kappa shape index (κ1) is 16.2. The van der Waals surface area contributed by atoms with Crippen LogP contribution in [0.4, 0.5) is 4.39 Å². The van der Waals surface area contributed by atoms with Crippen molar-refractivity contribution in [3.63, 3.8) is 0 Å². The molecule has 0 bridgehead atoms. The summed E-state index contributed by atoms with van der Waals surface area (Å²) in [6, 6.07) is 10.3. The highest BCUT2D eigenvalue weighted by molar-refractivity contribution is 9.10. The van der Waals surface area contributed by atoms with Gasteiger partial charge in [0.2, 0.25) is 0 Å². The molecule has 0 aliphatic rings. The number of hydrogen-bond donors (Lipinski definition) is 2. The van der Waals surface area contributed by atoms with Gasteiger partial charge in [0, 0.05) is 4.47 Å². The number of hydrogen-bond acceptors (Lipinski definition) is 3. The van der Waals surface area contributed by atoms with E-state index < -0.39 is 0 Å². The number of benzene rings is 2. The fourth-order valence-corrected chi connectivity index (χ4v) is 2.53. The van der Waals surface area contributed by atoms with E-state index in [4.69, 9.17) is 22.2 Å². The third kappa shape index (κ3) is 3.74. The summed E-state index contributed by atoms with van der Waals surface area (Å²) >= 11 is 9.42. The van der Waals surface area contributed by atoms with Gasteiger partial charge in [0.05, 0.1) is 18.2 Å². The SMILES string of the molecule is COc1cccc(CC(NN)c2ccc(Br)c(Cl)c2)c1F. The maximum Gasteiger partial charge on any atom is 0.168 e. The van der Waals surface area contributed by atoms with E-state index in [-0.39, 0.29) is 17.6 Å². The molecule has 2 aromatic carbocycles. The minimum absolute atomic E-state index is 0.220. The van der Waals surface area contributed by atoms with Crippen LogP contribution in [0.25, 0.3) is 0 Å². The lowest BCUT2D eigenvalue weighted by Crippen LogP contribution is -2.29. The Morgan fingerprint density at radius 2 is 2.14 bits per heavy atom. The molecule has 0 amide bonds. The molecule has 0 spiro atoms. The zero-order valence-electron chi connectivity index (χ0n) is 11.4. The van der Waals surface area contributed by atoms with Gasteiger partial charge in [0.25, 0.3) is 0 Å². The molecule has 2 rings (SSSR count). The van der Waals surface area contributed by atoms with Crippen molar-refractivity contribution in [2.75, 3.05) is 7.11 Å². The van der Waals surface area contributed by atoms with Crippen molar-refractivity contribution in [2.24, 2.45) is 5.84 Å². The monoisotopic (exact) mass is 372 g/mol. The Balaban J connectivity index is 2.29. The van der Waals surface area contributed by atoms with E-state index >= 15 is 0 Å². The zero-order chi connectivity index (χ0) is 15.4. The first-order valence-electron chi connectivity index (χ1n) is 6.29. The molecule has 0 aliphatic carbocycles. The lowest BCUT2D eigenvalue weighted by atomic mass is 9.99. The third-order valence-corrected chi connectivity index (χ3v) is 4.47. The molecule has 1 atom stereocenters. The Hall–Kier alpha value is -1.14. The number of nitrogens with one attached hydrogen (secondary N) is 1. The van der Waals surface area contributed by atoms with E-state index in [1.165, 1.54) is 7.11 Å². The number of nitrogens with two attached hydrogens (primary N) is 1. The van der Waals surface area contributed by atoms with Gasteiger partial charge in [0.15, 0.2) is 11.6 Å². The van der Waals surface area contributed by atoms with Crippen LogP contribution in [0.1, 0.15) is 17.2 Å². The van der Waals surface area contributed by atoms with Crippen LogP contribution in [0.5, 0.6) is 5.75 Å². The zero-order valence-corrected chi connectivity index (χ0v) is 13.7. The molecule has 0 heterocycles. The summed E-state index contributed by atoms with van der Waals surface area (Å²) in [6.45, 7) is 0. The Morgan fingerprint density at radius 3 is 2.76 bits per heavy atom. The van der Waals surface area contributed by atoms with Crippen molar-refractivity contribution in [2.45, 2.75) is 12.5 Å². The Labute approximate surface area is 136 Å². The van der Waals surface area contributed by atoms with Crippen LogP contribution in [0.3, 0.4) is 0 Å². The Morgan fingerprint density at radius 1 is 1.38 bits per heavy atom. The molecule has 0 saturated carbocycles. The standard InChI is InChI=1S/C15H15BrClFN2O/c1-21-14-4-2-3-10(15(14)18)8-13(20-19)9-5-6-11(16)12(17)7-9/h2-7,13,20H,8,19H2,1H3. The number of hydrazine groups is 1. The van der Waals surface area contributed by atoms with Crippen molar-refractivity contribution in [1.82, 2.24) is 5.43 Å². The minimum Gasteiger partial charge on any atom is -0.494 e. The average molecular weight is 374 g/mol. The summed E-state index contributed by atoms with van der Waals surface area (Å²) in [6.07, 6.45) is 0.386. The van der Waals surface area contributed by atoms with Gasteiger partial charge in [-0.25, -0.2) is 4.39 Å². The van der Waals surface area contributed by atoms with Crippen LogP contribution >= 0.6 is 27.5 Å². The topological polar surface area (TPSA) is 47.3 Å². The predicted molar refractivity (Wildman–Crippen MR) is 85.9 cm³/mol. The van der Waals surface area contributed by atoms with Crippen molar-refractivity contribution in [1.29, 1.82) is 0 Å². The van der Waals surface area contributed by atoms with Gasteiger partial charge >= 0.3 is 0 Å². The smallest absolute Gasteiger partial charge is 0.168 e. The van der Waals surface area contributed by atoms with E-state index in [9.17, 15) is 4.39 Å². The Bertz CT molecular complexity index is 639. The second-order valence-electron chi connectivity index (χ2n) is 4.53. The molecule has 0 aliphatic heterocycles. The normalized spacial score (nSPS) is 12.2. The molecule has 3 N–H and O–H groups in total. The van der Waals surface area contributed by atoms with Crippen LogP contribution in [0.2, 0.25) is 5.02 Å². The van der Waals surface area contributed by atoms with Crippen molar-refractivity contribution >= 4 is 27.5 Å². The van der Waals surface area contributed by atoms with E-state index in [2.05, 4.69) is 21.4 Å². The molecule has 0 fully saturated rings. The van der Waals surface area contributed by atoms with Gasteiger partial charge in [-0.3, -0.25) is 11.3 Å². The summed E-state index contributed by atoms with van der Waals surface area (Å²) in [5, 5.41) is 0.582. The first-order valence-corrected chi connectivity index (χ1v) is 7.46. The van der Waals surface area contributed by atoms with E-state index in [1.54, 1.807) is 24.3 Å². The van der Waals surface area contributed by atoms with Crippen LogP contribution in [0, 0.1) is 5.82 Å². The highest BCUT2D eigenvalue weighted by Crippen LogP contribution is 2.29. The maximum atomic E-state index is 14.2. The minimum atomic E-state index is -0.372. The molecule has 21 heavy (non-hydrogen) atoms. The highest BCUT2D eigenvalue weighted by Gasteiger charge is 2.16. The molecular weight excluding hydrogens is 359 g/mol. The summed E-state index contributed by atoms with van der Waals surface area (Å²) in [5.74, 6) is 5.45. The molecular formula is C15H15BrClFN2O. The summed E-state index contributed by atoms with van der Waals surface area (Å²) in [4.78, 5) is 0. The molecule has 2 aromatic rings. The number of rotatable bonds is 5. The van der Waals surface area contributed by atoms with Gasteiger partial charge in [-0.15, -0.1) is 0 Å². The van der Waals surface area contributed by atoms with Crippen LogP contribution < -0.4 is 16.0 Å². The van der Waals surface area contributed by atoms with Gasteiger partial charge in [-0.1, -0.05) is 29.8 Å². The highest BCUT2D eigenvalue weighted by atomic mass is 79.9. The summed E-state index contributed by atoms with van der Waals surface area (Å²) in [5.41, 5.74) is 4.10. The summed E-state index contributed by atoms with van der Waals surface area (Å²) < 4.78 is 20.0. The van der Waals surface area contributed by atoms with Crippen LogP contribution in [0.15, 0.2) is 40.9 Å². The van der Waals surface area contributed by atoms with E-state index in [0.717, 1.165) is 10.0 Å². The number of methoxy groups -OCH3 is 1. The average Bonchev–Trinajstić information content (AvgIpc) is 2.49. The van der Waals surface area contributed by atoms with Gasteiger partial charge in [-0.2, -0.15) is 0 Å². The molecule has 112 valence electrons. The van der Waals surface area contributed by atoms with Crippen LogP contribution in [-0.2, 0) is 6.42 Å². The number of halogens is 3. The van der Waals surface area contributed by atoms with Gasteiger partial charge in [0.1, 0.15) is 0 Å². The van der Waals surface area contributed by atoms with E-state index in [1.807, 2.05) is 12.1 Å². The Kier molecular flexibility index (Phi) is 5.58. The third-order valence-electron chi connectivity index (χ3n) is 3.23. The molecule has 6 heteroatoms. The molecule has 1 unspecified atom stereocenters. The fourth-order valence-electron chi connectivity index (χ4n) is 2.09. The molecule has 3 nitrogen and oxygen atoms in total. The van der Waals surface area contributed by atoms with Gasteiger partial charge in [-0.05, 0) is 51.7 Å². The second kappa shape index (κ2) is 7.22.